The van der Waals surface area contributed by atoms with E-state index in [2.05, 4.69) is 0 Å². The Balaban J connectivity index is 3.01. The molecule has 0 aliphatic rings. The first-order chi connectivity index (χ1) is 12.6. The molecular weight excluding hydrogens is 367 g/mol. The van der Waals surface area contributed by atoms with Crippen LogP contribution in [0.25, 0.3) is 0 Å². The van der Waals surface area contributed by atoms with Crippen molar-refractivity contribution in [3.63, 3.8) is 0 Å². The third kappa shape index (κ3) is 23.9. The molecule has 0 fully saturated rings. The van der Waals surface area contributed by atoms with E-state index in [1.165, 1.54) is 89.9 Å². The number of halogens is 2. The van der Waals surface area contributed by atoms with Crippen molar-refractivity contribution in [2.24, 2.45) is 0 Å². The lowest BCUT2D eigenvalue weighted by atomic mass is 10.0. The molecule has 0 atom stereocenters. The van der Waals surface area contributed by atoms with Gasteiger partial charge in [-0.1, -0.05) is 103 Å². The monoisotopic (exact) mass is 406 g/mol. The quantitative estimate of drug-likeness (QED) is 0.142. The summed E-state index contributed by atoms with van der Waals surface area (Å²) in [5.74, 6) is 0. The smallest absolute Gasteiger partial charge is 0.221 e. The Morgan fingerprint density at radius 3 is 0.654 bits per heavy atom. The van der Waals surface area contributed by atoms with E-state index in [9.17, 15) is 9.59 Å². The van der Waals surface area contributed by atoms with Crippen molar-refractivity contribution in [2.45, 2.75) is 128 Å². The first-order valence-electron chi connectivity index (χ1n) is 11.0. The minimum Gasteiger partial charge on any atom is -0.281 e. The summed E-state index contributed by atoms with van der Waals surface area (Å²) in [6, 6.07) is 0. The SMILES string of the molecule is O=C(Cl)CCCCCCCCCCCCCCCCCCCCC(=O)Cl. The summed E-state index contributed by atoms with van der Waals surface area (Å²) in [6.45, 7) is 0. The zero-order chi connectivity index (χ0) is 19.3. The topological polar surface area (TPSA) is 34.1 Å². The van der Waals surface area contributed by atoms with E-state index in [4.69, 9.17) is 23.2 Å². The van der Waals surface area contributed by atoms with Gasteiger partial charge in [-0.3, -0.25) is 9.59 Å². The van der Waals surface area contributed by atoms with Gasteiger partial charge >= 0.3 is 0 Å². The van der Waals surface area contributed by atoms with E-state index in [0.717, 1.165) is 25.7 Å². The summed E-state index contributed by atoms with van der Waals surface area (Å²) >= 11 is 10.6. The zero-order valence-corrected chi connectivity index (χ0v) is 18.2. The molecule has 0 aromatic rings. The van der Waals surface area contributed by atoms with E-state index in [1.54, 1.807) is 0 Å². The molecule has 2 nitrogen and oxygen atoms in total. The van der Waals surface area contributed by atoms with Gasteiger partial charge < -0.3 is 0 Å². The average molecular weight is 407 g/mol. The van der Waals surface area contributed by atoms with Gasteiger partial charge in [0.15, 0.2) is 0 Å². The maximum Gasteiger partial charge on any atom is 0.221 e. The van der Waals surface area contributed by atoms with Gasteiger partial charge in [-0.2, -0.15) is 0 Å². The van der Waals surface area contributed by atoms with Crippen LogP contribution in [0.3, 0.4) is 0 Å². The highest BCUT2D eigenvalue weighted by Crippen LogP contribution is 2.15. The van der Waals surface area contributed by atoms with Crippen molar-refractivity contribution in [1.29, 1.82) is 0 Å². The van der Waals surface area contributed by atoms with Gasteiger partial charge in [0.25, 0.3) is 0 Å². The number of carbonyl (C=O) groups is 2. The van der Waals surface area contributed by atoms with Crippen LogP contribution < -0.4 is 0 Å². The fraction of sp³-hybridized carbons (Fsp3) is 0.909. The summed E-state index contributed by atoms with van der Waals surface area (Å²) < 4.78 is 0. The molecule has 0 N–H and O–H groups in total. The highest BCUT2D eigenvalue weighted by molar-refractivity contribution is 6.63. The van der Waals surface area contributed by atoms with Gasteiger partial charge in [-0.15, -0.1) is 0 Å². The average Bonchev–Trinajstić information content (AvgIpc) is 2.59. The van der Waals surface area contributed by atoms with E-state index < -0.39 is 0 Å². The molecule has 0 unspecified atom stereocenters. The lowest BCUT2D eigenvalue weighted by molar-refractivity contribution is -0.112. The minimum atomic E-state index is -0.193. The molecule has 0 rings (SSSR count). The van der Waals surface area contributed by atoms with Gasteiger partial charge in [0, 0.05) is 12.8 Å². The number of hydrogen-bond acceptors (Lipinski definition) is 2. The van der Waals surface area contributed by atoms with Crippen LogP contribution in [-0.2, 0) is 9.59 Å². The van der Waals surface area contributed by atoms with Gasteiger partial charge in [0.1, 0.15) is 0 Å². The molecule has 154 valence electrons. The first-order valence-corrected chi connectivity index (χ1v) is 11.7. The van der Waals surface area contributed by atoms with Gasteiger partial charge in [-0.05, 0) is 36.0 Å². The minimum absolute atomic E-state index is 0.193. The molecule has 4 heteroatoms. The van der Waals surface area contributed by atoms with Crippen molar-refractivity contribution in [3.8, 4) is 0 Å². The molecule has 0 aromatic heterocycles. The first kappa shape index (κ1) is 25.9. The molecule has 0 aliphatic heterocycles. The summed E-state index contributed by atoms with van der Waals surface area (Å²) in [4.78, 5) is 21.2. The highest BCUT2D eigenvalue weighted by atomic mass is 35.5. The summed E-state index contributed by atoms with van der Waals surface area (Å²) in [5.41, 5.74) is 0. The van der Waals surface area contributed by atoms with Crippen molar-refractivity contribution >= 4 is 33.7 Å². The normalized spacial score (nSPS) is 11.0. The molecule has 0 saturated carbocycles. The maximum atomic E-state index is 10.6. The molecule has 0 amide bonds. The number of carbonyl (C=O) groups excluding carboxylic acids is 2. The predicted molar refractivity (Wildman–Crippen MR) is 114 cm³/mol. The zero-order valence-electron chi connectivity index (χ0n) is 16.7. The van der Waals surface area contributed by atoms with E-state index >= 15 is 0 Å². The molecule has 0 spiro atoms. The van der Waals surface area contributed by atoms with Gasteiger partial charge in [0.2, 0.25) is 10.5 Å². The Labute approximate surface area is 171 Å². The van der Waals surface area contributed by atoms with Crippen LogP contribution in [0.2, 0.25) is 0 Å². The number of unbranched alkanes of at least 4 members (excludes halogenated alkanes) is 17. The Hall–Kier alpha value is -0.0800. The molecular formula is C22H40Cl2O2. The third-order valence-corrected chi connectivity index (χ3v) is 5.37. The van der Waals surface area contributed by atoms with E-state index in [-0.39, 0.29) is 10.5 Å². The molecule has 0 bridgehead atoms. The summed E-state index contributed by atoms with van der Waals surface area (Å²) in [7, 11) is 0. The van der Waals surface area contributed by atoms with Crippen LogP contribution in [0.15, 0.2) is 0 Å². The standard InChI is InChI=1S/C22H40Cl2O2/c23-21(25)19-17-15-13-11-9-7-5-3-1-2-4-6-8-10-12-14-16-18-20-22(24)26/h1-20H2. The second-order valence-electron chi connectivity index (χ2n) is 7.57. The van der Waals surface area contributed by atoms with Crippen LogP contribution in [0, 0.1) is 0 Å². The predicted octanol–water partition coefficient (Wildman–Crippen LogP) is 8.32. The molecule has 0 aromatic carbocycles. The van der Waals surface area contributed by atoms with E-state index in [1.807, 2.05) is 0 Å². The van der Waals surface area contributed by atoms with Crippen LogP contribution >= 0.6 is 23.2 Å². The summed E-state index contributed by atoms with van der Waals surface area (Å²) in [6.07, 6.45) is 24.1. The molecule has 0 radical (unpaired) electrons. The second-order valence-corrected chi connectivity index (χ2v) is 8.42. The lowest BCUT2D eigenvalue weighted by Crippen LogP contribution is -1.87. The largest absolute Gasteiger partial charge is 0.281 e. The van der Waals surface area contributed by atoms with Crippen LogP contribution in [-0.4, -0.2) is 10.5 Å². The Morgan fingerprint density at radius 2 is 0.500 bits per heavy atom. The van der Waals surface area contributed by atoms with E-state index in [0.29, 0.717) is 12.8 Å². The van der Waals surface area contributed by atoms with Crippen molar-refractivity contribution in [3.05, 3.63) is 0 Å². The fourth-order valence-electron chi connectivity index (χ4n) is 3.36. The molecule has 0 saturated heterocycles. The Bertz CT molecular complexity index is 300. The van der Waals surface area contributed by atoms with Gasteiger partial charge in [-0.25, -0.2) is 0 Å². The third-order valence-electron chi connectivity index (χ3n) is 5.00. The molecule has 26 heavy (non-hydrogen) atoms. The second kappa shape index (κ2) is 21.2. The number of hydrogen-bond donors (Lipinski definition) is 0. The Kier molecular flexibility index (Phi) is 21.2. The molecule has 0 aliphatic carbocycles. The van der Waals surface area contributed by atoms with Crippen molar-refractivity contribution in [2.75, 3.05) is 0 Å². The van der Waals surface area contributed by atoms with Gasteiger partial charge in [0.05, 0.1) is 0 Å². The van der Waals surface area contributed by atoms with Crippen LogP contribution in [0.1, 0.15) is 128 Å². The van der Waals surface area contributed by atoms with Crippen molar-refractivity contribution < 1.29 is 9.59 Å². The van der Waals surface area contributed by atoms with Crippen LogP contribution in [0.4, 0.5) is 0 Å². The lowest BCUT2D eigenvalue weighted by Gasteiger charge is -2.03. The summed E-state index contributed by atoms with van der Waals surface area (Å²) in [5, 5.41) is -0.385. The molecule has 0 heterocycles. The fourth-order valence-corrected chi connectivity index (χ4v) is 3.62. The number of rotatable bonds is 21. The maximum absolute atomic E-state index is 10.6. The van der Waals surface area contributed by atoms with Crippen molar-refractivity contribution in [1.82, 2.24) is 0 Å². The Morgan fingerprint density at radius 1 is 0.346 bits per heavy atom. The highest BCUT2D eigenvalue weighted by Gasteiger charge is 1.98. The van der Waals surface area contributed by atoms with Crippen LogP contribution in [0.5, 0.6) is 0 Å².